The molecule has 0 aliphatic carbocycles. The molecule has 0 radical (unpaired) electrons. The number of rotatable bonds is 36. The number of unbranched alkanes of at least 4 members (excludes halogenated alkanes) is 24. The van der Waals surface area contributed by atoms with Gasteiger partial charge in [0.1, 0.15) is 0 Å². The zero-order chi connectivity index (χ0) is 32.2. The van der Waals surface area contributed by atoms with E-state index in [1.807, 2.05) is 0 Å². The lowest BCUT2D eigenvalue weighted by Crippen LogP contribution is -2.23. The maximum Gasteiger partial charge on any atom is 0.472 e. The van der Waals surface area contributed by atoms with Crippen LogP contribution in [0.1, 0.15) is 200 Å². The van der Waals surface area contributed by atoms with Crippen molar-refractivity contribution < 1.29 is 18.5 Å². The lowest BCUT2D eigenvalue weighted by atomic mass is 10.1. The first kappa shape index (κ1) is 43.5. The zero-order valence-electron chi connectivity index (χ0n) is 29.5. The van der Waals surface area contributed by atoms with Crippen LogP contribution in [0.5, 0.6) is 0 Å². The van der Waals surface area contributed by atoms with Gasteiger partial charge >= 0.3 is 7.82 Å². The SMILES string of the molecule is CCCCCCCC/C=C\CCCCCCCCOP(=O)(O)OC(CN)CCCCCCCC/C=C\CCCCCCCC. The van der Waals surface area contributed by atoms with Gasteiger partial charge in [0.15, 0.2) is 0 Å². The molecule has 0 aromatic heterocycles. The topological polar surface area (TPSA) is 81.8 Å². The maximum atomic E-state index is 12.4. The van der Waals surface area contributed by atoms with Crippen molar-refractivity contribution in [1.82, 2.24) is 0 Å². The molecule has 0 amide bonds. The molecule has 2 atom stereocenters. The largest absolute Gasteiger partial charge is 0.472 e. The number of phosphoric ester groups is 1. The summed E-state index contributed by atoms with van der Waals surface area (Å²) in [6.07, 6.45) is 44.7. The van der Waals surface area contributed by atoms with Gasteiger partial charge in [-0.15, -0.1) is 0 Å². The van der Waals surface area contributed by atoms with Crippen LogP contribution in [0.4, 0.5) is 0 Å². The normalized spacial score (nSPS) is 14.2. The highest BCUT2D eigenvalue weighted by atomic mass is 31.2. The summed E-state index contributed by atoms with van der Waals surface area (Å²) in [6, 6.07) is 0. The molecular formula is C38H76NO4P. The summed E-state index contributed by atoms with van der Waals surface area (Å²) in [6.45, 7) is 5.04. The van der Waals surface area contributed by atoms with Crippen LogP contribution in [0.3, 0.4) is 0 Å². The third kappa shape index (κ3) is 34.4. The molecule has 0 aliphatic heterocycles. The van der Waals surface area contributed by atoms with E-state index in [4.69, 9.17) is 14.8 Å². The predicted octanol–water partition coefficient (Wildman–Crippen LogP) is 12.9. The zero-order valence-corrected chi connectivity index (χ0v) is 30.4. The summed E-state index contributed by atoms with van der Waals surface area (Å²) in [5.74, 6) is 0. The molecule has 2 unspecified atom stereocenters. The summed E-state index contributed by atoms with van der Waals surface area (Å²) < 4.78 is 23.0. The van der Waals surface area contributed by atoms with E-state index in [1.54, 1.807) is 0 Å². The van der Waals surface area contributed by atoms with Crippen LogP contribution in [-0.4, -0.2) is 24.1 Å². The van der Waals surface area contributed by atoms with Crippen molar-refractivity contribution in [3.63, 3.8) is 0 Å². The van der Waals surface area contributed by atoms with Gasteiger partial charge in [-0.2, -0.15) is 0 Å². The van der Waals surface area contributed by atoms with E-state index < -0.39 is 13.9 Å². The summed E-state index contributed by atoms with van der Waals surface area (Å²) in [7, 11) is -4.04. The lowest BCUT2D eigenvalue weighted by Gasteiger charge is -2.19. The van der Waals surface area contributed by atoms with E-state index >= 15 is 0 Å². The number of phosphoric acid groups is 1. The molecule has 0 spiro atoms. The van der Waals surface area contributed by atoms with E-state index in [9.17, 15) is 9.46 Å². The van der Waals surface area contributed by atoms with Gasteiger partial charge in [0.05, 0.1) is 12.7 Å². The predicted molar refractivity (Wildman–Crippen MR) is 193 cm³/mol. The van der Waals surface area contributed by atoms with Crippen LogP contribution in [0.15, 0.2) is 24.3 Å². The molecule has 0 rings (SSSR count). The fraction of sp³-hybridized carbons (Fsp3) is 0.895. The quantitative estimate of drug-likeness (QED) is 0.0404. The van der Waals surface area contributed by atoms with Crippen molar-refractivity contribution in [2.75, 3.05) is 13.2 Å². The molecule has 6 heteroatoms. The van der Waals surface area contributed by atoms with Crippen LogP contribution >= 0.6 is 7.82 Å². The molecule has 0 fully saturated rings. The molecule has 44 heavy (non-hydrogen) atoms. The highest BCUT2D eigenvalue weighted by molar-refractivity contribution is 7.47. The molecule has 0 bridgehead atoms. The second kappa shape index (κ2) is 35.4. The van der Waals surface area contributed by atoms with Crippen molar-refractivity contribution in [3.05, 3.63) is 24.3 Å². The molecule has 3 N–H and O–H groups in total. The molecule has 262 valence electrons. The summed E-state index contributed by atoms with van der Waals surface area (Å²) in [5.41, 5.74) is 5.82. The van der Waals surface area contributed by atoms with Gasteiger partial charge in [-0.05, 0) is 64.2 Å². The van der Waals surface area contributed by atoms with Crippen LogP contribution in [0.2, 0.25) is 0 Å². The Balaban J connectivity index is 3.58. The minimum atomic E-state index is -4.04. The van der Waals surface area contributed by atoms with Gasteiger partial charge < -0.3 is 10.6 Å². The Morgan fingerprint density at radius 2 is 0.886 bits per heavy atom. The average Bonchev–Trinajstić information content (AvgIpc) is 3.01. The Bertz CT molecular complexity index is 669. The average molecular weight is 642 g/mol. The Hall–Kier alpha value is -0.450. The van der Waals surface area contributed by atoms with Crippen molar-refractivity contribution in [3.8, 4) is 0 Å². The Morgan fingerprint density at radius 3 is 1.27 bits per heavy atom. The highest BCUT2D eigenvalue weighted by Gasteiger charge is 2.25. The number of hydrogen-bond acceptors (Lipinski definition) is 4. The molecule has 0 aliphatic rings. The molecule has 5 nitrogen and oxygen atoms in total. The van der Waals surface area contributed by atoms with E-state index in [1.165, 1.54) is 148 Å². The monoisotopic (exact) mass is 642 g/mol. The fourth-order valence-corrected chi connectivity index (χ4v) is 6.57. The molecule has 0 saturated heterocycles. The second-order valence-electron chi connectivity index (χ2n) is 12.9. The Labute approximate surface area is 275 Å². The van der Waals surface area contributed by atoms with Gasteiger partial charge in [0.2, 0.25) is 0 Å². The first-order valence-electron chi connectivity index (χ1n) is 19.2. The standard InChI is InChI=1S/C38H76NO4P/c1-3-5-7-9-11-13-15-17-19-21-23-25-27-29-31-33-35-38(37-39)43-44(40,41)42-36-34-32-30-28-26-24-22-20-18-16-14-12-10-8-6-4-2/h17-20,38H,3-16,21-37,39H2,1-2H3,(H,40,41)/b19-17-,20-18-. The minimum absolute atomic E-state index is 0.243. The van der Waals surface area contributed by atoms with Crippen LogP contribution < -0.4 is 5.73 Å². The lowest BCUT2D eigenvalue weighted by molar-refractivity contribution is 0.100. The number of nitrogens with two attached hydrogens (primary N) is 1. The van der Waals surface area contributed by atoms with Crippen molar-refractivity contribution in [2.45, 2.75) is 206 Å². The van der Waals surface area contributed by atoms with Crippen molar-refractivity contribution >= 4 is 7.82 Å². The van der Waals surface area contributed by atoms with E-state index in [-0.39, 0.29) is 13.2 Å². The van der Waals surface area contributed by atoms with E-state index in [0.717, 1.165) is 32.1 Å². The van der Waals surface area contributed by atoms with Crippen LogP contribution in [0.25, 0.3) is 0 Å². The van der Waals surface area contributed by atoms with Crippen molar-refractivity contribution in [2.24, 2.45) is 5.73 Å². The third-order valence-corrected chi connectivity index (χ3v) is 9.57. The first-order chi connectivity index (χ1) is 21.6. The second-order valence-corrected chi connectivity index (χ2v) is 14.3. The van der Waals surface area contributed by atoms with E-state index in [2.05, 4.69) is 38.2 Å². The van der Waals surface area contributed by atoms with Gasteiger partial charge in [-0.1, -0.05) is 160 Å². The smallest absolute Gasteiger partial charge is 0.328 e. The molecule has 0 heterocycles. The summed E-state index contributed by atoms with van der Waals surface area (Å²) in [4.78, 5) is 10.1. The fourth-order valence-electron chi connectivity index (χ4n) is 5.58. The highest BCUT2D eigenvalue weighted by Crippen LogP contribution is 2.45. The molecular weight excluding hydrogens is 565 g/mol. The van der Waals surface area contributed by atoms with Gasteiger partial charge in [0.25, 0.3) is 0 Å². The van der Waals surface area contributed by atoms with Gasteiger partial charge in [-0.25, -0.2) is 4.57 Å². The van der Waals surface area contributed by atoms with Gasteiger partial charge in [-0.3, -0.25) is 9.05 Å². The Kier molecular flexibility index (Phi) is 35.0. The minimum Gasteiger partial charge on any atom is -0.328 e. The Morgan fingerprint density at radius 1 is 0.545 bits per heavy atom. The number of allylic oxidation sites excluding steroid dienone is 4. The maximum absolute atomic E-state index is 12.4. The first-order valence-corrected chi connectivity index (χ1v) is 20.7. The summed E-state index contributed by atoms with van der Waals surface area (Å²) in [5, 5.41) is 0. The van der Waals surface area contributed by atoms with Crippen molar-refractivity contribution in [1.29, 1.82) is 0 Å². The molecule has 0 aromatic rings. The molecule has 0 saturated carbocycles. The number of hydrogen-bond donors (Lipinski definition) is 2. The third-order valence-electron chi connectivity index (χ3n) is 8.49. The summed E-state index contributed by atoms with van der Waals surface area (Å²) >= 11 is 0. The molecule has 0 aromatic carbocycles. The van der Waals surface area contributed by atoms with Gasteiger partial charge in [0, 0.05) is 6.54 Å². The van der Waals surface area contributed by atoms with Crippen LogP contribution in [0, 0.1) is 0 Å². The van der Waals surface area contributed by atoms with E-state index in [0.29, 0.717) is 6.42 Å². The van der Waals surface area contributed by atoms with Crippen LogP contribution in [-0.2, 0) is 13.6 Å².